The molecule has 0 unspecified atom stereocenters. The van der Waals surface area contributed by atoms with E-state index in [9.17, 15) is 4.79 Å². The first kappa shape index (κ1) is 16.5. The zero-order valence-corrected chi connectivity index (χ0v) is 15.0. The third kappa shape index (κ3) is 4.14. The van der Waals surface area contributed by atoms with Gasteiger partial charge in [0.05, 0.1) is 10.6 Å². The predicted octanol–water partition coefficient (Wildman–Crippen LogP) is 3.83. The van der Waals surface area contributed by atoms with Crippen LogP contribution < -0.4 is 5.32 Å². The SMILES string of the molecule is C[C@@H]1[C@H](C)CCC[C@H]1NC(=O)CSc1nnc(-c2cccs2)o1. The van der Waals surface area contributed by atoms with Gasteiger partial charge in [0.25, 0.3) is 11.1 Å². The normalized spacial score (nSPS) is 24.5. The van der Waals surface area contributed by atoms with Crippen molar-refractivity contribution < 1.29 is 9.21 Å². The summed E-state index contributed by atoms with van der Waals surface area (Å²) in [5.74, 6) is 2.07. The number of nitrogens with one attached hydrogen (secondary N) is 1. The summed E-state index contributed by atoms with van der Waals surface area (Å²) < 4.78 is 5.58. The summed E-state index contributed by atoms with van der Waals surface area (Å²) >= 11 is 2.84. The average molecular weight is 351 g/mol. The number of thiophene rings is 1. The van der Waals surface area contributed by atoms with Crippen molar-refractivity contribution in [2.24, 2.45) is 11.8 Å². The summed E-state index contributed by atoms with van der Waals surface area (Å²) in [6.07, 6.45) is 3.53. The van der Waals surface area contributed by atoms with Crippen molar-refractivity contribution in [3.05, 3.63) is 17.5 Å². The fourth-order valence-electron chi connectivity index (χ4n) is 2.93. The van der Waals surface area contributed by atoms with E-state index in [0.29, 0.717) is 28.7 Å². The van der Waals surface area contributed by atoms with Gasteiger partial charge >= 0.3 is 0 Å². The number of thioether (sulfide) groups is 1. The van der Waals surface area contributed by atoms with Gasteiger partial charge in [0.15, 0.2) is 0 Å². The number of aromatic nitrogens is 2. The maximum atomic E-state index is 12.2. The molecule has 7 heteroatoms. The van der Waals surface area contributed by atoms with Crippen molar-refractivity contribution in [1.29, 1.82) is 0 Å². The Bertz CT molecular complexity index is 642. The highest BCUT2D eigenvalue weighted by Gasteiger charge is 2.28. The van der Waals surface area contributed by atoms with Crippen LogP contribution in [-0.2, 0) is 4.79 Å². The first-order chi connectivity index (χ1) is 11.1. The van der Waals surface area contributed by atoms with Crippen molar-refractivity contribution in [3.8, 4) is 10.8 Å². The molecule has 1 aliphatic rings. The molecule has 5 nitrogen and oxygen atoms in total. The summed E-state index contributed by atoms with van der Waals surface area (Å²) in [5.41, 5.74) is 0. The minimum absolute atomic E-state index is 0.0387. The van der Waals surface area contributed by atoms with Gasteiger partial charge in [-0.3, -0.25) is 4.79 Å². The smallest absolute Gasteiger partial charge is 0.277 e. The molecule has 23 heavy (non-hydrogen) atoms. The quantitative estimate of drug-likeness (QED) is 0.829. The van der Waals surface area contributed by atoms with Crippen LogP contribution in [0.1, 0.15) is 33.1 Å². The van der Waals surface area contributed by atoms with E-state index in [0.717, 1.165) is 11.3 Å². The Balaban J connectivity index is 1.49. The van der Waals surface area contributed by atoms with Crippen molar-refractivity contribution in [3.63, 3.8) is 0 Å². The highest BCUT2D eigenvalue weighted by atomic mass is 32.2. The van der Waals surface area contributed by atoms with Crippen molar-refractivity contribution >= 4 is 29.0 Å². The lowest BCUT2D eigenvalue weighted by Gasteiger charge is -2.34. The Hall–Kier alpha value is -1.34. The van der Waals surface area contributed by atoms with E-state index in [1.807, 2.05) is 17.5 Å². The van der Waals surface area contributed by atoms with Crippen LogP contribution in [0.15, 0.2) is 27.2 Å². The van der Waals surface area contributed by atoms with Crippen molar-refractivity contribution in [2.45, 2.75) is 44.4 Å². The van der Waals surface area contributed by atoms with Gasteiger partial charge in [-0.05, 0) is 29.7 Å². The zero-order valence-electron chi connectivity index (χ0n) is 13.3. The van der Waals surface area contributed by atoms with Crippen LogP contribution in [0.25, 0.3) is 10.8 Å². The number of amides is 1. The topological polar surface area (TPSA) is 68.0 Å². The number of hydrogen-bond acceptors (Lipinski definition) is 6. The first-order valence-electron chi connectivity index (χ1n) is 7.93. The molecule has 1 aliphatic carbocycles. The molecule has 1 N–H and O–H groups in total. The van der Waals surface area contributed by atoms with Crippen LogP contribution in [0.5, 0.6) is 0 Å². The molecule has 2 aromatic heterocycles. The number of nitrogens with zero attached hydrogens (tertiary/aromatic N) is 2. The molecule has 2 heterocycles. The van der Waals surface area contributed by atoms with Crippen LogP contribution in [0, 0.1) is 11.8 Å². The number of rotatable bonds is 5. The Morgan fingerprint density at radius 3 is 3.09 bits per heavy atom. The summed E-state index contributed by atoms with van der Waals surface area (Å²) in [4.78, 5) is 13.1. The molecule has 1 fully saturated rings. The third-order valence-corrected chi connectivity index (χ3v) is 6.19. The molecule has 0 aliphatic heterocycles. The van der Waals surface area contributed by atoms with E-state index >= 15 is 0 Å². The molecule has 1 saturated carbocycles. The van der Waals surface area contributed by atoms with Gasteiger partial charge in [-0.2, -0.15) is 0 Å². The highest BCUT2D eigenvalue weighted by molar-refractivity contribution is 7.99. The van der Waals surface area contributed by atoms with Crippen LogP contribution in [0.3, 0.4) is 0 Å². The summed E-state index contributed by atoms with van der Waals surface area (Å²) in [5, 5.41) is 13.6. The standard InChI is InChI=1S/C16H21N3O2S2/c1-10-5-3-6-12(11(10)2)17-14(20)9-23-16-19-18-15(21-16)13-7-4-8-22-13/h4,7-8,10-12H,3,5-6,9H2,1-2H3,(H,17,20)/t10-,11-,12-/m1/s1. The number of carbonyl (C=O) groups excluding carboxylic acids is 1. The van der Waals surface area contributed by atoms with Crippen LogP contribution in [-0.4, -0.2) is 27.9 Å². The molecular formula is C16H21N3O2S2. The molecule has 0 aromatic carbocycles. The Labute approximate surface area is 144 Å². The first-order valence-corrected chi connectivity index (χ1v) is 9.79. The van der Waals surface area contributed by atoms with Gasteiger partial charge in [-0.15, -0.1) is 21.5 Å². The van der Waals surface area contributed by atoms with Crippen LogP contribution >= 0.6 is 23.1 Å². The minimum Gasteiger partial charge on any atom is -0.410 e. The minimum atomic E-state index is 0.0387. The number of carbonyl (C=O) groups is 1. The van der Waals surface area contributed by atoms with E-state index in [-0.39, 0.29) is 11.9 Å². The lowest BCUT2D eigenvalue weighted by Crippen LogP contribution is -2.44. The van der Waals surface area contributed by atoms with E-state index < -0.39 is 0 Å². The summed E-state index contributed by atoms with van der Waals surface area (Å²) in [6.45, 7) is 4.50. The molecule has 0 saturated heterocycles. The van der Waals surface area contributed by atoms with E-state index in [4.69, 9.17) is 4.42 Å². The fourth-order valence-corrected chi connectivity index (χ4v) is 4.15. The second kappa shape index (κ2) is 7.49. The summed E-state index contributed by atoms with van der Waals surface area (Å²) in [7, 11) is 0. The molecule has 124 valence electrons. The second-order valence-corrected chi connectivity index (χ2v) is 7.95. The van der Waals surface area contributed by atoms with E-state index in [1.165, 1.54) is 24.6 Å². The zero-order chi connectivity index (χ0) is 16.2. The Morgan fingerprint density at radius 1 is 1.43 bits per heavy atom. The third-order valence-electron chi connectivity index (χ3n) is 4.52. The van der Waals surface area contributed by atoms with Crippen molar-refractivity contribution in [1.82, 2.24) is 15.5 Å². The second-order valence-electron chi connectivity index (χ2n) is 6.08. The average Bonchev–Trinajstić information content (AvgIpc) is 3.20. The molecule has 2 aromatic rings. The molecule has 0 radical (unpaired) electrons. The van der Waals surface area contributed by atoms with Gasteiger partial charge in [-0.1, -0.05) is 44.5 Å². The number of hydrogen-bond donors (Lipinski definition) is 1. The molecule has 1 amide bonds. The fraction of sp³-hybridized carbons (Fsp3) is 0.562. The Kier molecular flexibility index (Phi) is 5.38. The van der Waals surface area contributed by atoms with E-state index in [1.54, 1.807) is 11.3 Å². The maximum absolute atomic E-state index is 12.2. The molecule has 0 bridgehead atoms. The lowest BCUT2D eigenvalue weighted by atomic mass is 9.78. The molecule has 0 spiro atoms. The van der Waals surface area contributed by atoms with Crippen molar-refractivity contribution in [2.75, 3.05) is 5.75 Å². The van der Waals surface area contributed by atoms with Gasteiger partial charge in [-0.25, -0.2) is 0 Å². The van der Waals surface area contributed by atoms with Gasteiger partial charge in [0.1, 0.15) is 0 Å². The van der Waals surface area contributed by atoms with Crippen LogP contribution in [0.2, 0.25) is 0 Å². The van der Waals surface area contributed by atoms with Gasteiger partial charge < -0.3 is 9.73 Å². The van der Waals surface area contributed by atoms with E-state index in [2.05, 4.69) is 29.4 Å². The van der Waals surface area contributed by atoms with Crippen LogP contribution in [0.4, 0.5) is 0 Å². The van der Waals surface area contributed by atoms with Gasteiger partial charge in [0, 0.05) is 6.04 Å². The predicted molar refractivity (Wildman–Crippen MR) is 92.4 cm³/mol. The summed E-state index contributed by atoms with van der Waals surface area (Å²) in [6, 6.07) is 4.16. The lowest BCUT2D eigenvalue weighted by molar-refractivity contribution is -0.120. The molecular weight excluding hydrogens is 330 g/mol. The molecule has 3 rings (SSSR count). The molecule has 3 atom stereocenters. The Morgan fingerprint density at radius 2 is 2.30 bits per heavy atom. The van der Waals surface area contributed by atoms with Gasteiger partial charge in [0.2, 0.25) is 5.91 Å². The highest BCUT2D eigenvalue weighted by Crippen LogP contribution is 2.30. The largest absolute Gasteiger partial charge is 0.410 e. The maximum Gasteiger partial charge on any atom is 0.277 e. The monoisotopic (exact) mass is 351 g/mol.